The van der Waals surface area contributed by atoms with Crippen molar-refractivity contribution >= 4 is 5.91 Å². The molecule has 0 aromatic rings. The van der Waals surface area contributed by atoms with Gasteiger partial charge in [0, 0.05) is 12.6 Å². The van der Waals surface area contributed by atoms with Crippen molar-refractivity contribution in [1.29, 1.82) is 0 Å². The van der Waals surface area contributed by atoms with Gasteiger partial charge in [0.15, 0.2) is 0 Å². The van der Waals surface area contributed by atoms with E-state index in [0.29, 0.717) is 12.6 Å². The van der Waals surface area contributed by atoms with Gasteiger partial charge in [-0.25, -0.2) is 0 Å². The van der Waals surface area contributed by atoms with Gasteiger partial charge < -0.3 is 15.3 Å². The van der Waals surface area contributed by atoms with Gasteiger partial charge >= 0.3 is 0 Å². The van der Waals surface area contributed by atoms with E-state index < -0.39 is 5.54 Å². The van der Waals surface area contributed by atoms with Crippen molar-refractivity contribution in [3.8, 4) is 0 Å². The van der Waals surface area contributed by atoms with Crippen LogP contribution < -0.4 is 5.32 Å². The summed E-state index contributed by atoms with van der Waals surface area (Å²) in [5, 5.41) is 12.6. The second-order valence-corrected chi connectivity index (χ2v) is 5.88. The minimum absolute atomic E-state index is 0.0678. The first kappa shape index (κ1) is 13.8. The van der Waals surface area contributed by atoms with Crippen molar-refractivity contribution in [3.63, 3.8) is 0 Å². The number of rotatable bonds is 4. The van der Waals surface area contributed by atoms with Crippen molar-refractivity contribution in [2.45, 2.75) is 63.5 Å². The molecule has 1 saturated heterocycles. The van der Waals surface area contributed by atoms with Crippen molar-refractivity contribution in [2.75, 3.05) is 19.7 Å². The van der Waals surface area contributed by atoms with Gasteiger partial charge in [0.25, 0.3) is 0 Å². The number of nitrogens with one attached hydrogen (secondary N) is 1. The van der Waals surface area contributed by atoms with Crippen LogP contribution in [-0.2, 0) is 4.79 Å². The SMILES string of the molecule is CC1(C(=O)N(CCO)C2CCCCC2)CCCN1. The number of aliphatic hydroxyl groups is 1. The zero-order valence-electron chi connectivity index (χ0n) is 11.5. The predicted octanol–water partition coefficient (Wildman–Crippen LogP) is 1.28. The second kappa shape index (κ2) is 6.02. The standard InChI is InChI=1S/C14H26N2O2/c1-14(8-5-9-15-14)13(18)16(10-11-17)12-6-3-2-4-7-12/h12,15,17H,2-11H2,1H3. The van der Waals surface area contributed by atoms with Gasteiger partial charge in [-0.15, -0.1) is 0 Å². The maximum absolute atomic E-state index is 12.7. The summed E-state index contributed by atoms with van der Waals surface area (Å²) in [6, 6.07) is 0.345. The van der Waals surface area contributed by atoms with Crippen molar-refractivity contribution < 1.29 is 9.90 Å². The third-order valence-corrected chi connectivity index (χ3v) is 4.46. The van der Waals surface area contributed by atoms with Gasteiger partial charge in [-0.1, -0.05) is 19.3 Å². The molecule has 4 heteroatoms. The first-order valence-electron chi connectivity index (χ1n) is 7.34. The van der Waals surface area contributed by atoms with E-state index in [9.17, 15) is 9.90 Å². The lowest BCUT2D eigenvalue weighted by Gasteiger charge is -2.39. The van der Waals surface area contributed by atoms with Crippen molar-refractivity contribution in [1.82, 2.24) is 10.2 Å². The molecule has 0 aromatic heterocycles. The number of carbonyl (C=O) groups excluding carboxylic acids is 1. The molecular weight excluding hydrogens is 228 g/mol. The third kappa shape index (κ3) is 2.86. The molecule has 0 radical (unpaired) electrons. The van der Waals surface area contributed by atoms with Crippen LogP contribution >= 0.6 is 0 Å². The predicted molar refractivity (Wildman–Crippen MR) is 71.3 cm³/mol. The lowest BCUT2D eigenvalue weighted by atomic mass is 9.91. The normalized spacial score (nSPS) is 29.4. The molecule has 2 N–H and O–H groups in total. The summed E-state index contributed by atoms with van der Waals surface area (Å²) >= 11 is 0. The fourth-order valence-electron chi connectivity index (χ4n) is 3.34. The van der Waals surface area contributed by atoms with Crippen LogP contribution in [0.2, 0.25) is 0 Å². The van der Waals surface area contributed by atoms with Gasteiger partial charge in [0.05, 0.1) is 12.1 Å². The van der Waals surface area contributed by atoms with E-state index >= 15 is 0 Å². The van der Waals surface area contributed by atoms with Gasteiger partial charge in [0.1, 0.15) is 0 Å². The first-order valence-corrected chi connectivity index (χ1v) is 7.34. The van der Waals surface area contributed by atoms with Crippen LogP contribution in [0.3, 0.4) is 0 Å². The van der Waals surface area contributed by atoms with E-state index in [1.54, 1.807) is 0 Å². The Hall–Kier alpha value is -0.610. The number of aliphatic hydroxyl groups excluding tert-OH is 1. The molecular formula is C14H26N2O2. The number of hydrogen-bond donors (Lipinski definition) is 2. The highest BCUT2D eigenvalue weighted by atomic mass is 16.3. The van der Waals surface area contributed by atoms with Crippen LogP contribution in [0.25, 0.3) is 0 Å². The van der Waals surface area contributed by atoms with Crippen molar-refractivity contribution in [3.05, 3.63) is 0 Å². The van der Waals surface area contributed by atoms with E-state index in [0.717, 1.165) is 32.2 Å². The molecule has 0 bridgehead atoms. The van der Waals surface area contributed by atoms with E-state index in [1.165, 1.54) is 19.3 Å². The topological polar surface area (TPSA) is 52.6 Å². The highest BCUT2D eigenvalue weighted by Gasteiger charge is 2.40. The zero-order valence-corrected chi connectivity index (χ0v) is 11.5. The Labute approximate surface area is 110 Å². The molecule has 1 unspecified atom stereocenters. The lowest BCUT2D eigenvalue weighted by molar-refractivity contribution is -0.141. The van der Waals surface area contributed by atoms with Gasteiger partial charge in [-0.3, -0.25) is 4.79 Å². The summed E-state index contributed by atoms with van der Waals surface area (Å²) in [4.78, 5) is 14.7. The molecule has 4 nitrogen and oxygen atoms in total. The number of nitrogens with zero attached hydrogens (tertiary/aromatic N) is 1. The molecule has 2 fully saturated rings. The van der Waals surface area contributed by atoms with Crippen molar-refractivity contribution in [2.24, 2.45) is 0 Å². The van der Waals surface area contributed by atoms with Crippen LogP contribution in [0.15, 0.2) is 0 Å². The summed E-state index contributed by atoms with van der Waals surface area (Å²) in [5.74, 6) is 0.195. The van der Waals surface area contributed by atoms with Crippen LogP contribution in [0.1, 0.15) is 51.9 Å². The monoisotopic (exact) mass is 254 g/mol. The minimum atomic E-state index is -0.396. The second-order valence-electron chi connectivity index (χ2n) is 5.88. The largest absolute Gasteiger partial charge is 0.395 e. The summed E-state index contributed by atoms with van der Waals surface area (Å²) in [7, 11) is 0. The molecule has 18 heavy (non-hydrogen) atoms. The number of carbonyl (C=O) groups is 1. The summed E-state index contributed by atoms with van der Waals surface area (Å²) in [5.41, 5.74) is -0.396. The molecule has 0 aromatic carbocycles. The van der Waals surface area contributed by atoms with Gasteiger partial charge in [-0.2, -0.15) is 0 Å². The van der Waals surface area contributed by atoms with Crippen LogP contribution in [0.5, 0.6) is 0 Å². The average molecular weight is 254 g/mol. The van der Waals surface area contributed by atoms with Crippen LogP contribution in [0, 0.1) is 0 Å². The Balaban J connectivity index is 2.05. The Kier molecular flexibility index (Phi) is 4.62. The fraction of sp³-hybridized carbons (Fsp3) is 0.929. The zero-order chi connectivity index (χ0) is 13.0. The molecule has 1 atom stereocenters. The van der Waals surface area contributed by atoms with E-state index in [1.807, 2.05) is 11.8 Å². The molecule has 1 amide bonds. The Morgan fingerprint density at radius 3 is 2.61 bits per heavy atom. The maximum Gasteiger partial charge on any atom is 0.242 e. The Morgan fingerprint density at radius 1 is 1.33 bits per heavy atom. The first-order chi connectivity index (χ1) is 8.67. The highest BCUT2D eigenvalue weighted by molar-refractivity contribution is 5.86. The molecule has 1 saturated carbocycles. The molecule has 1 aliphatic heterocycles. The fourth-order valence-corrected chi connectivity index (χ4v) is 3.34. The minimum Gasteiger partial charge on any atom is -0.395 e. The maximum atomic E-state index is 12.7. The Morgan fingerprint density at radius 2 is 2.06 bits per heavy atom. The summed E-state index contributed by atoms with van der Waals surface area (Å²) < 4.78 is 0. The number of amides is 1. The van der Waals surface area contributed by atoms with E-state index in [-0.39, 0.29) is 12.5 Å². The van der Waals surface area contributed by atoms with E-state index in [4.69, 9.17) is 0 Å². The highest BCUT2D eigenvalue weighted by Crippen LogP contribution is 2.27. The number of hydrogen-bond acceptors (Lipinski definition) is 3. The molecule has 2 aliphatic rings. The summed E-state index contributed by atoms with van der Waals surface area (Å²) in [6.45, 7) is 3.49. The third-order valence-electron chi connectivity index (χ3n) is 4.46. The smallest absolute Gasteiger partial charge is 0.242 e. The lowest BCUT2D eigenvalue weighted by Crippen LogP contribution is -2.56. The molecule has 1 heterocycles. The summed E-state index contributed by atoms with van der Waals surface area (Å²) in [6.07, 6.45) is 7.89. The molecule has 104 valence electrons. The molecule has 2 rings (SSSR count). The van der Waals surface area contributed by atoms with Gasteiger partial charge in [0.2, 0.25) is 5.91 Å². The molecule has 0 spiro atoms. The van der Waals surface area contributed by atoms with Crippen LogP contribution in [0.4, 0.5) is 0 Å². The average Bonchev–Trinajstić information content (AvgIpc) is 2.84. The van der Waals surface area contributed by atoms with Crippen LogP contribution in [-0.4, -0.2) is 47.2 Å². The quantitative estimate of drug-likeness (QED) is 0.794. The van der Waals surface area contributed by atoms with E-state index in [2.05, 4.69) is 5.32 Å². The Bertz CT molecular complexity index is 282. The molecule has 1 aliphatic carbocycles. The van der Waals surface area contributed by atoms with Gasteiger partial charge in [-0.05, 0) is 39.2 Å².